The lowest BCUT2D eigenvalue weighted by Crippen LogP contribution is -2.45. The van der Waals surface area contributed by atoms with Gasteiger partial charge >= 0.3 is 0 Å². The SMILES string of the molecule is CCCNc1ccncc1C(=O)NCC1(SC)CCC1. The topological polar surface area (TPSA) is 54.0 Å². The van der Waals surface area contributed by atoms with Gasteiger partial charge in [0.25, 0.3) is 5.91 Å². The first-order valence-corrected chi connectivity index (χ1v) is 8.44. The Labute approximate surface area is 125 Å². The van der Waals surface area contributed by atoms with Crippen molar-refractivity contribution in [2.75, 3.05) is 24.7 Å². The molecular formula is C15H23N3OS. The molecule has 2 N–H and O–H groups in total. The van der Waals surface area contributed by atoms with Crippen LogP contribution < -0.4 is 10.6 Å². The average Bonchev–Trinajstić information content (AvgIpc) is 2.44. The number of amides is 1. The zero-order valence-corrected chi connectivity index (χ0v) is 13.1. The summed E-state index contributed by atoms with van der Waals surface area (Å²) in [7, 11) is 0. The molecule has 1 aromatic heterocycles. The van der Waals surface area contributed by atoms with E-state index in [1.165, 1.54) is 19.3 Å². The molecule has 0 bridgehead atoms. The van der Waals surface area contributed by atoms with Gasteiger partial charge in [-0.3, -0.25) is 9.78 Å². The minimum Gasteiger partial charge on any atom is -0.384 e. The molecule has 0 radical (unpaired) electrons. The van der Waals surface area contributed by atoms with E-state index in [-0.39, 0.29) is 10.7 Å². The number of thioether (sulfide) groups is 1. The molecule has 110 valence electrons. The summed E-state index contributed by atoms with van der Waals surface area (Å²) >= 11 is 1.87. The number of pyridine rings is 1. The first-order valence-electron chi connectivity index (χ1n) is 7.22. The molecule has 1 fully saturated rings. The maximum Gasteiger partial charge on any atom is 0.255 e. The molecule has 0 spiro atoms. The maximum atomic E-state index is 12.3. The highest BCUT2D eigenvalue weighted by Gasteiger charge is 2.36. The summed E-state index contributed by atoms with van der Waals surface area (Å²) in [5.41, 5.74) is 1.50. The Hall–Kier alpha value is -1.23. The second kappa shape index (κ2) is 6.97. The maximum absolute atomic E-state index is 12.3. The molecule has 0 unspecified atom stereocenters. The van der Waals surface area contributed by atoms with E-state index < -0.39 is 0 Å². The van der Waals surface area contributed by atoms with Crippen LogP contribution in [-0.2, 0) is 0 Å². The largest absolute Gasteiger partial charge is 0.384 e. The van der Waals surface area contributed by atoms with Crippen molar-refractivity contribution in [2.45, 2.75) is 37.4 Å². The minimum absolute atomic E-state index is 0.0305. The molecule has 1 saturated carbocycles. The highest BCUT2D eigenvalue weighted by Crippen LogP contribution is 2.42. The Balaban J connectivity index is 1.98. The Morgan fingerprint density at radius 1 is 1.50 bits per heavy atom. The molecule has 2 rings (SSSR count). The standard InChI is InChI=1S/C15H23N3OS/c1-3-8-17-13-5-9-16-10-12(13)14(19)18-11-15(20-2)6-4-7-15/h5,9-10H,3-4,6-8,11H2,1-2H3,(H,16,17)(H,18,19). The van der Waals surface area contributed by atoms with Crippen LogP contribution in [0.1, 0.15) is 43.0 Å². The normalized spacial score (nSPS) is 16.3. The fourth-order valence-corrected chi connectivity index (χ4v) is 3.26. The Bertz CT molecular complexity index is 455. The second-order valence-corrected chi connectivity index (χ2v) is 6.55. The third kappa shape index (κ3) is 3.45. The van der Waals surface area contributed by atoms with Gasteiger partial charge in [0.05, 0.1) is 11.3 Å². The molecule has 0 aromatic carbocycles. The molecular weight excluding hydrogens is 270 g/mol. The van der Waals surface area contributed by atoms with Gasteiger partial charge in [-0.25, -0.2) is 0 Å². The van der Waals surface area contributed by atoms with Gasteiger partial charge in [0.15, 0.2) is 0 Å². The molecule has 5 heteroatoms. The molecule has 0 saturated heterocycles. The molecule has 1 aliphatic carbocycles. The minimum atomic E-state index is -0.0305. The fourth-order valence-electron chi connectivity index (χ4n) is 2.35. The summed E-state index contributed by atoms with van der Waals surface area (Å²) in [4.78, 5) is 16.4. The number of nitrogens with one attached hydrogen (secondary N) is 2. The summed E-state index contributed by atoms with van der Waals surface area (Å²) in [6.07, 6.45) is 10.2. The summed E-state index contributed by atoms with van der Waals surface area (Å²) < 4.78 is 0.259. The first-order chi connectivity index (χ1) is 9.71. The molecule has 1 heterocycles. The van der Waals surface area contributed by atoms with Crippen LogP contribution in [0.4, 0.5) is 5.69 Å². The van der Waals surface area contributed by atoms with Crippen molar-refractivity contribution in [2.24, 2.45) is 0 Å². The van der Waals surface area contributed by atoms with Gasteiger partial charge in [0.2, 0.25) is 0 Å². The smallest absolute Gasteiger partial charge is 0.255 e. The van der Waals surface area contributed by atoms with E-state index in [9.17, 15) is 4.79 Å². The molecule has 1 aliphatic rings. The molecule has 4 nitrogen and oxygen atoms in total. The van der Waals surface area contributed by atoms with Gasteiger partial charge in [-0.05, 0) is 31.6 Å². The number of rotatable bonds is 7. The van der Waals surface area contributed by atoms with Gasteiger partial charge in [0.1, 0.15) is 0 Å². The fraction of sp³-hybridized carbons (Fsp3) is 0.600. The summed E-state index contributed by atoms with van der Waals surface area (Å²) in [6.45, 7) is 3.71. The number of carbonyl (C=O) groups is 1. The Kier molecular flexibility index (Phi) is 5.29. The monoisotopic (exact) mass is 293 g/mol. The lowest BCUT2D eigenvalue weighted by Gasteiger charge is -2.40. The van der Waals surface area contributed by atoms with Crippen molar-refractivity contribution >= 4 is 23.4 Å². The highest BCUT2D eigenvalue weighted by atomic mass is 32.2. The zero-order valence-electron chi connectivity index (χ0n) is 12.2. The van der Waals surface area contributed by atoms with E-state index in [0.29, 0.717) is 5.56 Å². The molecule has 1 aromatic rings. The van der Waals surface area contributed by atoms with Gasteiger partial charge in [-0.15, -0.1) is 0 Å². The third-order valence-corrected chi connectivity index (χ3v) is 5.32. The van der Waals surface area contributed by atoms with Crippen LogP contribution in [-0.4, -0.2) is 35.0 Å². The quantitative estimate of drug-likeness (QED) is 0.811. The van der Waals surface area contributed by atoms with E-state index in [1.807, 2.05) is 17.8 Å². The number of aromatic nitrogens is 1. The Morgan fingerprint density at radius 2 is 2.30 bits per heavy atom. The van der Waals surface area contributed by atoms with Gasteiger partial charge in [-0.2, -0.15) is 11.8 Å². The van der Waals surface area contributed by atoms with Crippen molar-refractivity contribution in [3.63, 3.8) is 0 Å². The lowest BCUT2D eigenvalue weighted by molar-refractivity contribution is 0.0944. The second-order valence-electron chi connectivity index (χ2n) is 5.27. The van der Waals surface area contributed by atoms with Crippen LogP contribution >= 0.6 is 11.8 Å². The van der Waals surface area contributed by atoms with Crippen molar-refractivity contribution < 1.29 is 4.79 Å². The molecule has 0 atom stereocenters. The van der Waals surface area contributed by atoms with Gasteiger partial charge in [0, 0.05) is 30.2 Å². The van der Waals surface area contributed by atoms with Gasteiger partial charge < -0.3 is 10.6 Å². The van der Waals surface area contributed by atoms with E-state index in [4.69, 9.17) is 0 Å². The van der Waals surface area contributed by atoms with Crippen LogP contribution in [0.3, 0.4) is 0 Å². The van der Waals surface area contributed by atoms with E-state index in [1.54, 1.807) is 12.4 Å². The van der Waals surface area contributed by atoms with Crippen LogP contribution in [0, 0.1) is 0 Å². The number of anilines is 1. The van der Waals surface area contributed by atoms with E-state index in [2.05, 4.69) is 28.8 Å². The van der Waals surface area contributed by atoms with E-state index in [0.717, 1.165) is 25.2 Å². The molecule has 0 aliphatic heterocycles. The number of nitrogens with zero attached hydrogens (tertiary/aromatic N) is 1. The molecule has 1 amide bonds. The summed E-state index contributed by atoms with van der Waals surface area (Å²) in [5, 5.41) is 6.35. The predicted octanol–water partition coefficient (Wildman–Crippen LogP) is 2.92. The number of hydrogen-bond acceptors (Lipinski definition) is 4. The first kappa shape index (κ1) is 15.2. The van der Waals surface area contributed by atoms with Crippen LogP contribution in [0.5, 0.6) is 0 Å². The van der Waals surface area contributed by atoms with Crippen molar-refractivity contribution in [3.8, 4) is 0 Å². The van der Waals surface area contributed by atoms with Gasteiger partial charge in [-0.1, -0.05) is 13.3 Å². The number of hydrogen-bond donors (Lipinski definition) is 2. The average molecular weight is 293 g/mol. The highest BCUT2D eigenvalue weighted by molar-refractivity contribution is 8.00. The summed E-state index contributed by atoms with van der Waals surface area (Å²) in [5.74, 6) is -0.0305. The summed E-state index contributed by atoms with van der Waals surface area (Å²) in [6, 6.07) is 1.86. The number of carbonyl (C=O) groups excluding carboxylic acids is 1. The molecule has 20 heavy (non-hydrogen) atoms. The van der Waals surface area contributed by atoms with Crippen molar-refractivity contribution in [1.29, 1.82) is 0 Å². The Morgan fingerprint density at radius 3 is 2.90 bits per heavy atom. The van der Waals surface area contributed by atoms with E-state index >= 15 is 0 Å². The zero-order chi connectivity index (χ0) is 14.4. The van der Waals surface area contributed by atoms with Crippen molar-refractivity contribution in [3.05, 3.63) is 24.0 Å². The van der Waals surface area contributed by atoms with Crippen molar-refractivity contribution in [1.82, 2.24) is 10.3 Å². The van der Waals surface area contributed by atoms with Crippen LogP contribution in [0.25, 0.3) is 0 Å². The van der Waals surface area contributed by atoms with Crippen LogP contribution in [0.15, 0.2) is 18.5 Å². The predicted molar refractivity (Wildman–Crippen MR) is 85.4 cm³/mol. The van der Waals surface area contributed by atoms with Crippen LogP contribution in [0.2, 0.25) is 0 Å². The lowest BCUT2D eigenvalue weighted by atomic mass is 9.84. The third-order valence-electron chi connectivity index (χ3n) is 3.90.